The van der Waals surface area contributed by atoms with Crippen molar-refractivity contribution in [3.63, 3.8) is 0 Å². The Hall–Kier alpha value is -1.82. The van der Waals surface area contributed by atoms with Crippen molar-refractivity contribution in [2.75, 3.05) is 0 Å². The van der Waals surface area contributed by atoms with Gasteiger partial charge < -0.3 is 0 Å². The molecule has 0 unspecified atom stereocenters. The molecule has 120 valence electrons. The number of benzene rings is 2. The van der Waals surface area contributed by atoms with Crippen LogP contribution in [0, 0.1) is 5.92 Å². The summed E-state index contributed by atoms with van der Waals surface area (Å²) in [6, 6.07) is 15.7. The Balaban J connectivity index is 2.11. The van der Waals surface area contributed by atoms with E-state index in [1.807, 2.05) is 0 Å². The Morgan fingerprint density at radius 1 is 0.913 bits per heavy atom. The summed E-state index contributed by atoms with van der Waals surface area (Å²) in [6.07, 6.45) is 4.78. The number of fused-ring (bicyclic) bond motifs is 1. The zero-order chi connectivity index (χ0) is 16.6. The smallest absolute Gasteiger partial charge is 0.00575 e. The van der Waals surface area contributed by atoms with Gasteiger partial charge in [-0.1, -0.05) is 88.7 Å². The highest BCUT2D eigenvalue weighted by molar-refractivity contribution is 5.82. The van der Waals surface area contributed by atoms with Gasteiger partial charge in [0.15, 0.2) is 0 Å². The van der Waals surface area contributed by atoms with Gasteiger partial charge in [-0.25, -0.2) is 0 Å². The third-order valence-corrected chi connectivity index (χ3v) is 4.66. The standard InChI is InChI=1S/C23H28/c1-16(2)13-17-14-18-9-8-11-19(21(18)15-17)20-10-6-7-12-22(20)23(3,4)5/h6-12,15-16H,13-14H2,1-5H3. The van der Waals surface area contributed by atoms with Crippen LogP contribution in [0.3, 0.4) is 0 Å². The van der Waals surface area contributed by atoms with E-state index < -0.39 is 0 Å². The molecule has 1 aliphatic carbocycles. The first-order chi connectivity index (χ1) is 10.9. The molecule has 3 rings (SSSR count). The van der Waals surface area contributed by atoms with Crippen LogP contribution in [0.1, 0.15) is 57.7 Å². The van der Waals surface area contributed by atoms with Gasteiger partial charge in [0.05, 0.1) is 0 Å². The van der Waals surface area contributed by atoms with E-state index in [-0.39, 0.29) is 5.41 Å². The Bertz CT molecular complexity index is 739. The highest BCUT2D eigenvalue weighted by Crippen LogP contribution is 2.39. The molecule has 0 radical (unpaired) electrons. The van der Waals surface area contributed by atoms with Crippen LogP contribution in [0.4, 0.5) is 0 Å². The summed E-state index contributed by atoms with van der Waals surface area (Å²) in [5.74, 6) is 0.723. The minimum atomic E-state index is 0.155. The molecule has 0 aromatic heterocycles. The summed E-state index contributed by atoms with van der Waals surface area (Å²) >= 11 is 0. The third kappa shape index (κ3) is 3.27. The number of hydrogen-bond donors (Lipinski definition) is 0. The van der Waals surface area contributed by atoms with Gasteiger partial charge in [0.25, 0.3) is 0 Å². The van der Waals surface area contributed by atoms with Gasteiger partial charge in [-0.05, 0) is 52.0 Å². The molecule has 0 atom stereocenters. The molecular formula is C23H28. The maximum absolute atomic E-state index is 2.45. The number of allylic oxidation sites excluding steroid dienone is 1. The van der Waals surface area contributed by atoms with Crippen LogP contribution in [-0.2, 0) is 11.8 Å². The normalized spacial score (nSPS) is 14.1. The first-order valence-corrected chi connectivity index (χ1v) is 8.77. The fourth-order valence-electron chi connectivity index (χ4n) is 3.70. The predicted octanol–water partition coefficient (Wildman–Crippen LogP) is 6.64. The van der Waals surface area contributed by atoms with Crippen molar-refractivity contribution >= 4 is 6.08 Å². The van der Waals surface area contributed by atoms with Crippen LogP contribution in [0.25, 0.3) is 17.2 Å². The first-order valence-electron chi connectivity index (χ1n) is 8.77. The van der Waals surface area contributed by atoms with Crippen LogP contribution >= 0.6 is 0 Å². The Morgan fingerprint density at radius 2 is 1.61 bits per heavy atom. The summed E-state index contributed by atoms with van der Waals surface area (Å²) < 4.78 is 0. The summed E-state index contributed by atoms with van der Waals surface area (Å²) in [7, 11) is 0. The second kappa shape index (κ2) is 6.00. The molecule has 2 aromatic carbocycles. The summed E-state index contributed by atoms with van der Waals surface area (Å²) in [4.78, 5) is 0. The molecule has 2 aromatic rings. The van der Waals surface area contributed by atoms with Crippen molar-refractivity contribution in [1.29, 1.82) is 0 Å². The van der Waals surface area contributed by atoms with Crippen LogP contribution in [-0.4, -0.2) is 0 Å². The average Bonchev–Trinajstić information content (AvgIpc) is 2.87. The molecule has 0 fully saturated rings. The number of rotatable bonds is 3. The van der Waals surface area contributed by atoms with Crippen molar-refractivity contribution < 1.29 is 0 Å². The SMILES string of the molecule is CC(C)CC1=Cc2c(cccc2-c2ccccc2C(C)(C)C)C1. The van der Waals surface area contributed by atoms with Crippen molar-refractivity contribution in [2.45, 2.75) is 52.9 Å². The number of hydrogen-bond acceptors (Lipinski definition) is 0. The second-order valence-corrected chi connectivity index (χ2v) is 8.25. The molecule has 0 aliphatic heterocycles. The van der Waals surface area contributed by atoms with E-state index in [4.69, 9.17) is 0 Å². The monoisotopic (exact) mass is 304 g/mol. The lowest BCUT2D eigenvalue weighted by Crippen LogP contribution is -2.12. The lowest BCUT2D eigenvalue weighted by molar-refractivity contribution is 0.592. The van der Waals surface area contributed by atoms with Gasteiger partial charge in [0.1, 0.15) is 0 Å². The molecule has 0 saturated heterocycles. The average molecular weight is 304 g/mol. The van der Waals surface area contributed by atoms with Gasteiger partial charge in [-0.15, -0.1) is 0 Å². The van der Waals surface area contributed by atoms with E-state index in [9.17, 15) is 0 Å². The highest BCUT2D eigenvalue weighted by Gasteiger charge is 2.22. The van der Waals surface area contributed by atoms with E-state index in [0.717, 1.165) is 12.3 Å². The molecular weight excluding hydrogens is 276 g/mol. The fourth-order valence-corrected chi connectivity index (χ4v) is 3.70. The molecule has 0 N–H and O–H groups in total. The van der Waals surface area contributed by atoms with E-state index in [0.29, 0.717) is 0 Å². The van der Waals surface area contributed by atoms with Crippen molar-refractivity contribution in [3.8, 4) is 11.1 Å². The molecule has 23 heavy (non-hydrogen) atoms. The van der Waals surface area contributed by atoms with Crippen LogP contribution in [0.5, 0.6) is 0 Å². The molecule has 0 nitrogen and oxygen atoms in total. The molecule has 0 saturated carbocycles. The van der Waals surface area contributed by atoms with Crippen molar-refractivity contribution in [2.24, 2.45) is 5.92 Å². The molecule has 1 aliphatic rings. The highest BCUT2D eigenvalue weighted by atomic mass is 14.3. The van der Waals surface area contributed by atoms with E-state index >= 15 is 0 Å². The van der Waals surface area contributed by atoms with Crippen LogP contribution in [0.2, 0.25) is 0 Å². The predicted molar refractivity (Wildman–Crippen MR) is 102 cm³/mol. The topological polar surface area (TPSA) is 0 Å². The van der Waals surface area contributed by atoms with Crippen LogP contribution in [0.15, 0.2) is 48.0 Å². The van der Waals surface area contributed by atoms with E-state index in [1.54, 1.807) is 5.57 Å². The molecule has 0 bridgehead atoms. The quantitative estimate of drug-likeness (QED) is 0.596. The molecule has 0 heterocycles. The van der Waals surface area contributed by atoms with Gasteiger partial charge >= 0.3 is 0 Å². The lowest BCUT2D eigenvalue weighted by atomic mass is 9.81. The zero-order valence-corrected chi connectivity index (χ0v) is 15.1. The fraction of sp³-hybridized carbons (Fsp3) is 0.391. The zero-order valence-electron chi connectivity index (χ0n) is 15.1. The van der Waals surface area contributed by atoms with Crippen LogP contribution < -0.4 is 0 Å². The maximum atomic E-state index is 2.45. The summed E-state index contributed by atoms with van der Waals surface area (Å²) in [5, 5.41) is 0. The van der Waals surface area contributed by atoms with Gasteiger partial charge in [-0.2, -0.15) is 0 Å². The van der Waals surface area contributed by atoms with E-state index in [2.05, 4.69) is 83.2 Å². The van der Waals surface area contributed by atoms with Gasteiger partial charge in [-0.3, -0.25) is 0 Å². The summed E-state index contributed by atoms with van der Waals surface area (Å²) in [5.41, 5.74) is 8.88. The molecule has 0 amide bonds. The Kier molecular flexibility index (Phi) is 4.19. The van der Waals surface area contributed by atoms with Crippen molar-refractivity contribution in [3.05, 3.63) is 64.7 Å². The lowest BCUT2D eigenvalue weighted by Gasteiger charge is -2.24. The van der Waals surface area contributed by atoms with Crippen molar-refractivity contribution in [1.82, 2.24) is 0 Å². The molecule has 0 spiro atoms. The third-order valence-electron chi connectivity index (χ3n) is 4.66. The Morgan fingerprint density at radius 3 is 2.30 bits per heavy atom. The second-order valence-electron chi connectivity index (χ2n) is 8.25. The van der Waals surface area contributed by atoms with Gasteiger partial charge in [0.2, 0.25) is 0 Å². The Labute approximate surface area is 141 Å². The first kappa shape index (κ1) is 16.1. The minimum absolute atomic E-state index is 0.155. The van der Waals surface area contributed by atoms with Gasteiger partial charge in [0, 0.05) is 0 Å². The summed E-state index contributed by atoms with van der Waals surface area (Å²) in [6.45, 7) is 11.5. The van der Waals surface area contributed by atoms with E-state index in [1.165, 1.54) is 34.2 Å². The minimum Gasteiger partial charge on any atom is -0.0649 e. The maximum Gasteiger partial charge on any atom is -0.00575 e. The molecule has 0 heteroatoms. The largest absolute Gasteiger partial charge is 0.0649 e.